The Labute approximate surface area is 94.9 Å². The van der Waals surface area contributed by atoms with E-state index >= 15 is 0 Å². The summed E-state index contributed by atoms with van der Waals surface area (Å²) in [6, 6.07) is 7.11. The lowest BCUT2D eigenvalue weighted by molar-refractivity contribution is 0.254. The molecule has 0 aliphatic carbocycles. The molecular weight excluding hydrogens is 204 g/mol. The first-order chi connectivity index (χ1) is 7.65. The van der Waals surface area contributed by atoms with Crippen LogP contribution in [-0.2, 0) is 0 Å². The van der Waals surface area contributed by atoms with E-state index in [4.69, 9.17) is 0 Å². The largest absolute Gasteiger partial charge is 0.375 e. The standard InChI is InChI=1S/C11H16N4O/c1-8(12-2)14-9-5-4-6-10(7-9)15-11(16)13-3/h4-7,12,14H,1H2,2-3H3,(H2,13,15,16). The molecule has 2 amide bonds. The van der Waals surface area contributed by atoms with E-state index in [1.165, 1.54) is 0 Å². The molecule has 0 aliphatic rings. The van der Waals surface area contributed by atoms with Gasteiger partial charge in [0.1, 0.15) is 0 Å². The summed E-state index contributed by atoms with van der Waals surface area (Å²) in [6.45, 7) is 3.75. The number of benzene rings is 1. The Hall–Kier alpha value is -2.17. The molecule has 0 saturated carbocycles. The monoisotopic (exact) mass is 220 g/mol. The van der Waals surface area contributed by atoms with Crippen molar-refractivity contribution in [2.75, 3.05) is 24.7 Å². The number of urea groups is 1. The molecule has 0 spiro atoms. The van der Waals surface area contributed by atoms with Crippen molar-refractivity contribution in [3.8, 4) is 0 Å². The quantitative estimate of drug-likeness (QED) is 0.622. The molecule has 0 heterocycles. The smallest absolute Gasteiger partial charge is 0.318 e. The van der Waals surface area contributed by atoms with Gasteiger partial charge in [0.05, 0.1) is 5.82 Å². The average Bonchev–Trinajstić information content (AvgIpc) is 2.29. The Balaban J connectivity index is 2.71. The van der Waals surface area contributed by atoms with Gasteiger partial charge in [0.25, 0.3) is 0 Å². The third-order valence-corrected chi connectivity index (χ3v) is 1.94. The SMILES string of the molecule is C=C(NC)Nc1cccc(NC(=O)NC)c1. The van der Waals surface area contributed by atoms with Crippen molar-refractivity contribution in [2.24, 2.45) is 0 Å². The molecule has 1 rings (SSSR count). The maximum atomic E-state index is 11.1. The van der Waals surface area contributed by atoms with Crippen LogP contribution >= 0.6 is 0 Å². The van der Waals surface area contributed by atoms with Crippen molar-refractivity contribution in [1.29, 1.82) is 0 Å². The first-order valence-electron chi connectivity index (χ1n) is 4.88. The maximum Gasteiger partial charge on any atom is 0.318 e. The highest BCUT2D eigenvalue weighted by atomic mass is 16.2. The molecule has 16 heavy (non-hydrogen) atoms. The summed E-state index contributed by atoms with van der Waals surface area (Å²) in [5.74, 6) is 0.692. The van der Waals surface area contributed by atoms with Crippen LogP contribution in [-0.4, -0.2) is 20.1 Å². The molecule has 0 unspecified atom stereocenters. The number of carbonyl (C=O) groups excluding carboxylic acids is 1. The van der Waals surface area contributed by atoms with Crippen LogP contribution in [0.25, 0.3) is 0 Å². The van der Waals surface area contributed by atoms with Crippen molar-refractivity contribution in [1.82, 2.24) is 10.6 Å². The Morgan fingerprint density at radius 2 is 1.75 bits per heavy atom. The Morgan fingerprint density at radius 1 is 1.12 bits per heavy atom. The van der Waals surface area contributed by atoms with Crippen LogP contribution in [0.1, 0.15) is 0 Å². The fourth-order valence-corrected chi connectivity index (χ4v) is 1.11. The molecule has 0 radical (unpaired) electrons. The van der Waals surface area contributed by atoms with E-state index in [0.717, 1.165) is 5.69 Å². The topological polar surface area (TPSA) is 65.2 Å². The third kappa shape index (κ3) is 3.53. The van der Waals surface area contributed by atoms with Crippen LogP contribution in [0.3, 0.4) is 0 Å². The fourth-order valence-electron chi connectivity index (χ4n) is 1.11. The first-order valence-corrected chi connectivity index (χ1v) is 4.88. The van der Waals surface area contributed by atoms with E-state index in [2.05, 4.69) is 27.8 Å². The summed E-state index contributed by atoms with van der Waals surface area (Å²) in [4.78, 5) is 11.1. The minimum Gasteiger partial charge on any atom is -0.375 e. The summed E-state index contributed by atoms with van der Waals surface area (Å²) in [5, 5.41) is 11.1. The molecule has 1 aromatic carbocycles. The molecule has 0 bridgehead atoms. The van der Waals surface area contributed by atoms with E-state index < -0.39 is 0 Å². The van der Waals surface area contributed by atoms with Gasteiger partial charge in [-0.15, -0.1) is 0 Å². The lowest BCUT2D eigenvalue weighted by Crippen LogP contribution is -2.24. The van der Waals surface area contributed by atoms with Gasteiger partial charge in [0, 0.05) is 25.5 Å². The number of hydrogen-bond acceptors (Lipinski definition) is 3. The summed E-state index contributed by atoms with van der Waals surface area (Å²) in [7, 11) is 3.35. The van der Waals surface area contributed by atoms with Gasteiger partial charge < -0.3 is 21.3 Å². The normalized spacial score (nSPS) is 9.12. The van der Waals surface area contributed by atoms with E-state index in [1.807, 2.05) is 24.3 Å². The van der Waals surface area contributed by atoms with Crippen molar-refractivity contribution >= 4 is 17.4 Å². The van der Waals surface area contributed by atoms with Crippen LogP contribution < -0.4 is 21.3 Å². The molecule has 86 valence electrons. The predicted octanol–water partition coefficient (Wildman–Crippen LogP) is 1.54. The zero-order chi connectivity index (χ0) is 12.0. The van der Waals surface area contributed by atoms with E-state index in [0.29, 0.717) is 11.5 Å². The average molecular weight is 220 g/mol. The van der Waals surface area contributed by atoms with Gasteiger partial charge in [-0.05, 0) is 18.2 Å². The summed E-state index contributed by atoms with van der Waals surface area (Å²) < 4.78 is 0. The number of rotatable bonds is 4. The Bertz CT molecular complexity index is 356. The van der Waals surface area contributed by atoms with Gasteiger partial charge in [-0.1, -0.05) is 12.6 Å². The van der Waals surface area contributed by atoms with Gasteiger partial charge >= 0.3 is 6.03 Å². The number of carbonyl (C=O) groups is 1. The minimum absolute atomic E-state index is 0.246. The number of nitrogens with one attached hydrogen (secondary N) is 4. The molecule has 0 aromatic heterocycles. The summed E-state index contributed by atoms with van der Waals surface area (Å²) in [6.07, 6.45) is 0. The van der Waals surface area contributed by atoms with Crippen LogP contribution in [0.15, 0.2) is 36.7 Å². The highest BCUT2D eigenvalue weighted by Crippen LogP contribution is 2.15. The van der Waals surface area contributed by atoms with Gasteiger partial charge in [-0.3, -0.25) is 0 Å². The molecule has 0 fully saturated rings. The molecule has 5 heteroatoms. The second kappa shape index (κ2) is 5.65. The molecule has 5 nitrogen and oxygen atoms in total. The van der Waals surface area contributed by atoms with E-state index in [-0.39, 0.29) is 6.03 Å². The van der Waals surface area contributed by atoms with Crippen LogP contribution in [0.4, 0.5) is 16.2 Å². The minimum atomic E-state index is -0.246. The molecule has 0 aliphatic heterocycles. The zero-order valence-corrected chi connectivity index (χ0v) is 9.42. The molecule has 4 N–H and O–H groups in total. The third-order valence-electron chi connectivity index (χ3n) is 1.94. The number of amides is 2. The molecule has 1 aromatic rings. The second-order valence-corrected chi connectivity index (χ2v) is 3.14. The molecular formula is C11H16N4O. The highest BCUT2D eigenvalue weighted by Gasteiger charge is 1.99. The van der Waals surface area contributed by atoms with E-state index in [9.17, 15) is 4.79 Å². The lowest BCUT2D eigenvalue weighted by atomic mass is 10.3. The van der Waals surface area contributed by atoms with Crippen molar-refractivity contribution in [2.45, 2.75) is 0 Å². The summed E-state index contributed by atoms with van der Waals surface area (Å²) in [5.41, 5.74) is 1.57. The number of hydrogen-bond donors (Lipinski definition) is 4. The Morgan fingerprint density at radius 3 is 2.31 bits per heavy atom. The summed E-state index contributed by atoms with van der Waals surface area (Å²) >= 11 is 0. The van der Waals surface area contributed by atoms with E-state index in [1.54, 1.807) is 14.1 Å². The van der Waals surface area contributed by atoms with Crippen molar-refractivity contribution in [3.05, 3.63) is 36.7 Å². The van der Waals surface area contributed by atoms with Crippen LogP contribution in [0.5, 0.6) is 0 Å². The van der Waals surface area contributed by atoms with Crippen LogP contribution in [0, 0.1) is 0 Å². The van der Waals surface area contributed by atoms with Crippen molar-refractivity contribution in [3.63, 3.8) is 0 Å². The zero-order valence-electron chi connectivity index (χ0n) is 9.42. The van der Waals surface area contributed by atoms with Crippen LogP contribution in [0.2, 0.25) is 0 Å². The first kappa shape index (κ1) is 11.9. The Kier molecular flexibility index (Phi) is 4.20. The van der Waals surface area contributed by atoms with Gasteiger partial charge in [0.2, 0.25) is 0 Å². The van der Waals surface area contributed by atoms with Crippen molar-refractivity contribution < 1.29 is 4.79 Å². The lowest BCUT2D eigenvalue weighted by Gasteiger charge is -2.10. The number of anilines is 2. The molecule has 0 atom stereocenters. The second-order valence-electron chi connectivity index (χ2n) is 3.14. The molecule has 0 saturated heterocycles. The van der Waals surface area contributed by atoms with Gasteiger partial charge in [0.15, 0.2) is 0 Å². The maximum absolute atomic E-state index is 11.1. The predicted molar refractivity (Wildman–Crippen MR) is 66.3 cm³/mol. The van der Waals surface area contributed by atoms with Gasteiger partial charge in [-0.2, -0.15) is 0 Å². The highest BCUT2D eigenvalue weighted by molar-refractivity contribution is 5.89. The van der Waals surface area contributed by atoms with Gasteiger partial charge in [-0.25, -0.2) is 4.79 Å². The fraction of sp³-hybridized carbons (Fsp3) is 0.182.